The van der Waals surface area contributed by atoms with Crippen molar-refractivity contribution in [1.82, 2.24) is 19.9 Å². The van der Waals surface area contributed by atoms with Crippen molar-refractivity contribution in [2.75, 3.05) is 11.9 Å². The van der Waals surface area contributed by atoms with Gasteiger partial charge in [0.2, 0.25) is 5.95 Å². The largest absolute Gasteiger partial charge is 0.479 e. The van der Waals surface area contributed by atoms with E-state index < -0.39 is 12.0 Å². The predicted octanol–water partition coefficient (Wildman–Crippen LogP) is 1.61. The lowest BCUT2D eigenvalue weighted by Crippen LogP contribution is -2.32. The number of fused-ring (bicyclic) bond motifs is 1. The van der Waals surface area contributed by atoms with Crippen LogP contribution in [0.5, 0.6) is 0 Å². The van der Waals surface area contributed by atoms with Crippen molar-refractivity contribution in [2.45, 2.75) is 6.04 Å². The fourth-order valence-corrected chi connectivity index (χ4v) is 2.24. The Labute approximate surface area is 120 Å². The molecule has 0 aliphatic rings. The van der Waals surface area contributed by atoms with Gasteiger partial charge in [0.1, 0.15) is 0 Å². The first-order chi connectivity index (χ1) is 10.2. The van der Waals surface area contributed by atoms with Gasteiger partial charge >= 0.3 is 5.97 Å². The number of carbonyl (C=O) groups is 1. The highest BCUT2D eigenvalue weighted by molar-refractivity contribution is 5.82. The Morgan fingerprint density at radius 2 is 2.05 bits per heavy atom. The maximum atomic E-state index is 11.7. The van der Waals surface area contributed by atoms with Gasteiger partial charge in [0, 0.05) is 19.4 Å². The number of hydrogen-bond donors (Lipinski definition) is 2. The van der Waals surface area contributed by atoms with Crippen LogP contribution in [0.2, 0.25) is 0 Å². The standard InChI is InChI=1S/C14H13N5O2/c1-19(14-15-5-2-6-16-14)12(13(20)21)9-3-4-10-11(7-9)18-8-17-10/h2-8,12H,1H3,(H,17,18)(H,20,21)/t12-/m0/s1. The molecule has 3 rings (SSSR count). The molecule has 1 atom stereocenters. The number of aromatic nitrogens is 4. The number of nitrogens with zero attached hydrogens (tertiary/aromatic N) is 4. The average Bonchev–Trinajstić information content (AvgIpc) is 2.95. The van der Waals surface area contributed by atoms with Crippen molar-refractivity contribution in [1.29, 1.82) is 0 Å². The quantitative estimate of drug-likeness (QED) is 0.755. The van der Waals surface area contributed by atoms with E-state index in [4.69, 9.17) is 0 Å². The van der Waals surface area contributed by atoms with E-state index in [0.29, 0.717) is 11.5 Å². The van der Waals surface area contributed by atoms with Gasteiger partial charge in [0.25, 0.3) is 0 Å². The summed E-state index contributed by atoms with van der Waals surface area (Å²) in [7, 11) is 1.66. The Morgan fingerprint density at radius 1 is 1.29 bits per heavy atom. The van der Waals surface area contributed by atoms with Gasteiger partial charge in [-0.1, -0.05) is 6.07 Å². The normalized spacial score (nSPS) is 12.2. The third kappa shape index (κ3) is 2.40. The van der Waals surface area contributed by atoms with Gasteiger partial charge in [-0.2, -0.15) is 0 Å². The third-order valence-corrected chi connectivity index (χ3v) is 3.25. The summed E-state index contributed by atoms with van der Waals surface area (Å²) >= 11 is 0. The number of imidazole rings is 1. The topological polar surface area (TPSA) is 95.0 Å². The first-order valence-corrected chi connectivity index (χ1v) is 6.32. The Bertz CT molecular complexity index is 771. The van der Waals surface area contributed by atoms with Crippen LogP contribution in [-0.4, -0.2) is 38.1 Å². The van der Waals surface area contributed by atoms with E-state index in [2.05, 4.69) is 19.9 Å². The number of aromatic amines is 1. The number of anilines is 1. The molecule has 106 valence electrons. The van der Waals surface area contributed by atoms with Crippen molar-refractivity contribution < 1.29 is 9.90 Å². The van der Waals surface area contributed by atoms with Crippen LogP contribution >= 0.6 is 0 Å². The summed E-state index contributed by atoms with van der Waals surface area (Å²) in [6, 6.07) is 6.13. The lowest BCUT2D eigenvalue weighted by Gasteiger charge is -2.24. The molecule has 0 amide bonds. The van der Waals surface area contributed by atoms with E-state index in [1.54, 1.807) is 50.0 Å². The fraction of sp³-hybridized carbons (Fsp3) is 0.143. The molecule has 7 heteroatoms. The average molecular weight is 283 g/mol. The number of likely N-dealkylation sites (N-methyl/N-ethyl adjacent to an activating group) is 1. The zero-order valence-corrected chi connectivity index (χ0v) is 11.3. The number of benzene rings is 1. The van der Waals surface area contributed by atoms with Crippen molar-refractivity contribution in [2.24, 2.45) is 0 Å². The molecule has 7 nitrogen and oxygen atoms in total. The summed E-state index contributed by atoms with van der Waals surface area (Å²) in [4.78, 5) is 28.5. The first kappa shape index (κ1) is 13.0. The molecule has 0 spiro atoms. The minimum absolute atomic E-state index is 0.356. The van der Waals surface area contributed by atoms with Gasteiger partial charge in [-0.15, -0.1) is 0 Å². The minimum atomic E-state index is -0.969. The lowest BCUT2D eigenvalue weighted by molar-refractivity contribution is -0.138. The molecule has 0 aliphatic carbocycles. The zero-order valence-electron chi connectivity index (χ0n) is 11.3. The molecule has 0 bridgehead atoms. The maximum Gasteiger partial charge on any atom is 0.331 e. The second-order valence-corrected chi connectivity index (χ2v) is 4.58. The molecule has 2 N–H and O–H groups in total. The molecule has 0 radical (unpaired) electrons. The van der Waals surface area contributed by atoms with Gasteiger partial charge in [0.05, 0.1) is 17.4 Å². The number of H-pyrrole nitrogens is 1. The molecule has 0 saturated heterocycles. The summed E-state index contributed by atoms with van der Waals surface area (Å²) < 4.78 is 0. The molecule has 0 aliphatic heterocycles. The summed E-state index contributed by atoms with van der Waals surface area (Å²) in [6.45, 7) is 0. The Kier molecular flexibility index (Phi) is 3.23. The van der Waals surface area contributed by atoms with Crippen LogP contribution in [0.25, 0.3) is 11.0 Å². The van der Waals surface area contributed by atoms with Crippen LogP contribution in [0, 0.1) is 0 Å². The van der Waals surface area contributed by atoms with Gasteiger partial charge in [0.15, 0.2) is 6.04 Å². The second kappa shape index (κ2) is 5.20. The Balaban J connectivity index is 2.03. The van der Waals surface area contributed by atoms with Crippen LogP contribution in [-0.2, 0) is 4.79 Å². The van der Waals surface area contributed by atoms with Crippen molar-refractivity contribution >= 4 is 23.0 Å². The molecule has 2 aromatic heterocycles. The Morgan fingerprint density at radius 3 is 2.76 bits per heavy atom. The third-order valence-electron chi connectivity index (χ3n) is 3.25. The molecule has 2 heterocycles. The summed E-state index contributed by atoms with van der Waals surface area (Å²) in [5, 5.41) is 9.56. The number of hydrogen-bond acceptors (Lipinski definition) is 5. The van der Waals surface area contributed by atoms with E-state index in [9.17, 15) is 9.90 Å². The predicted molar refractivity (Wildman–Crippen MR) is 76.9 cm³/mol. The monoisotopic (exact) mass is 283 g/mol. The molecule has 0 saturated carbocycles. The minimum Gasteiger partial charge on any atom is -0.479 e. The molecular formula is C14H13N5O2. The first-order valence-electron chi connectivity index (χ1n) is 6.32. The molecule has 21 heavy (non-hydrogen) atoms. The summed E-state index contributed by atoms with van der Waals surface area (Å²) in [5.74, 6) is -0.613. The highest BCUT2D eigenvalue weighted by Gasteiger charge is 2.26. The van der Waals surface area contributed by atoms with Gasteiger partial charge in [-0.25, -0.2) is 19.7 Å². The Hall–Kier alpha value is -2.96. The number of aliphatic carboxylic acids is 1. The summed E-state index contributed by atoms with van der Waals surface area (Å²) in [5.41, 5.74) is 2.22. The summed E-state index contributed by atoms with van der Waals surface area (Å²) in [6.07, 6.45) is 4.74. The number of carboxylic acid groups (broad SMARTS) is 1. The molecular weight excluding hydrogens is 270 g/mol. The number of carboxylic acids is 1. The van der Waals surface area contributed by atoms with E-state index in [1.807, 2.05) is 0 Å². The van der Waals surface area contributed by atoms with Crippen LogP contribution in [0.15, 0.2) is 43.0 Å². The smallest absolute Gasteiger partial charge is 0.331 e. The van der Waals surface area contributed by atoms with Gasteiger partial charge < -0.3 is 15.0 Å². The molecule has 0 unspecified atom stereocenters. The molecule has 1 aromatic carbocycles. The van der Waals surface area contributed by atoms with Crippen molar-refractivity contribution in [3.63, 3.8) is 0 Å². The maximum absolute atomic E-state index is 11.7. The van der Waals surface area contributed by atoms with Crippen LogP contribution in [0.4, 0.5) is 5.95 Å². The molecule has 3 aromatic rings. The van der Waals surface area contributed by atoms with E-state index in [1.165, 1.54) is 4.90 Å². The van der Waals surface area contributed by atoms with E-state index in [0.717, 1.165) is 11.0 Å². The number of nitrogens with one attached hydrogen (secondary N) is 1. The number of rotatable bonds is 4. The van der Waals surface area contributed by atoms with Crippen LogP contribution in [0.3, 0.4) is 0 Å². The fourth-order valence-electron chi connectivity index (χ4n) is 2.24. The van der Waals surface area contributed by atoms with Gasteiger partial charge in [-0.05, 0) is 23.8 Å². The SMILES string of the molecule is CN(c1ncccn1)[C@H](C(=O)O)c1ccc2nc[nH]c2c1. The highest BCUT2D eigenvalue weighted by Crippen LogP contribution is 2.25. The highest BCUT2D eigenvalue weighted by atomic mass is 16.4. The van der Waals surface area contributed by atoms with Crippen molar-refractivity contribution in [3.8, 4) is 0 Å². The second-order valence-electron chi connectivity index (χ2n) is 4.58. The van der Waals surface area contributed by atoms with Crippen molar-refractivity contribution in [3.05, 3.63) is 48.5 Å². The van der Waals surface area contributed by atoms with Crippen LogP contribution < -0.4 is 4.90 Å². The lowest BCUT2D eigenvalue weighted by atomic mass is 10.1. The molecule has 0 fully saturated rings. The van der Waals surface area contributed by atoms with Crippen LogP contribution in [0.1, 0.15) is 11.6 Å². The van der Waals surface area contributed by atoms with E-state index in [-0.39, 0.29) is 0 Å². The van der Waals surface area contributed by atoms with Gasteiger partial charge in [-0.3, -0.25) is 0 Å². The van der Waals surface area contributed by atoms with E-state index >= 15 is 0 Å². The zero-order chi connectivity index (χ0) is 14.8.